The van der Waals surface area contributed by atoms with Crippen LogP contribution in [0.1, 0.15) is 2.80 Å². The van der Waals surface area contributed by atoms with E-state index in [1.807, 2.05) is 0 Å². The first-order valence-corrected chi connectivity index (χ1v) is 11.2. The van der Waals surface area contributed by atoms with Gasteiger partial charge in [-0.15, -0.1) is 0 Å². The molecule has 13 nitrogen and oxygen atoms in total. The molecule has 0 amide bonds. The topological polar surface area (TPSA) is 160 Å². The van der Waals surface area contributed by atoms with Gasteiger partial charge in [-0.05, 0) is 12.1 Å². The summed E-state index contributed by atoms with van der Waals surface area (Å²) < 4.78 is 49.9. The van der Waals surface area contributed by atoms with Crippen LogP contribution in [0, 0.1) is 0 Å². The third-order valence-corrected chi connectivity index (χ3v) is 3.33. The second-order valence-electron chi connectivity index (χ2n) is 5.54. The maximum atomic E-state index is 10.6. The summed E-state index contributed by atoms with van der Waals surface area (Å²) in [5, 5.41) is 9.36. The van der Waals surface area contributed by atoms with Crippen molar-refractivity contribution in [2.24, 2.45) is 0 Å². The number of nitrogens with one attached hydrogen (secondary N) is 1. The van der Waals surface area contributed by atoms with Crippen LogP contribution in [0.25, 0.3) is 0 Å². The standard InChI is InChI=1S/C10H15NO4.C7H9NO3.C3H7BrO.CH3F.CH2O3.2K.H/c1-12-5-6-14-10-4-3-9(7-11-10)15-8-13-2;1-10-5-11-6-2-3-7(9)8-4-6;1-5-3-2-4;1-2;2-1-4-3;;;/h3-4,7H,5-6,8H2,1-2H3;2-4H,5H2,1H3,(H,8,9);2-3H2,1H3;1H3;1,3H;;;/q;;;;;2*+1;-1/p-1/i;;;1D;;;;. The Balaban J connectivity index is -0.000000104. The van der Waals surface area contributed by atoms with Gasteiger partial charge in [0.25, 0.3) is 6.47 Å². The first-order valence-electron chi connectivity index (χ1n) is 10.8. The van der Waals surface area contributed by atoms with Crippen LogP contribution in [0.5, 0.6) is 17.4 Å². The number of ether oxygens (including phenoxy) is 7. The van der Waals surface area contributed by atoms with Crippen LogP contribution in [0.4, 0.5) is 4.39 Å². The maximum Gasteiger partial charge on any atom is 1.00 e. The summed E-state index contributed by atoms with van der Waals surface area (Å²) in [5.74, 6) is 1.79. The molecule has 0 saturated heterocycles. The molecule has 216 valence electrons. The molecule has 0 saturated carbocycles. The van der Waals surface area contributed by atoms with E-state index in [1.165, 1.54) is 19.4 Å². The fourth-order valence-electron chi connectivity index (χ4n) is 1.58. The molecule has 2 aromatic rings. The van der Waals surface area contributed by atoms with Gasteiger partial charge in [-0.25, -0.2) is 4.98 Å². The number of hydrogen-bond donors (Lipinski definition) is 1. The molecule has 0 bridgehead atoms. The Morgan fingerprint density at radius 1 is 0.974 bits per heavy atom. The molecule has 0 fully saturated rings. The summed E-state index contributed by atoms with van der Waals surface area (Å²) in [6.45, 7) is 2.06. The van der Waals surface area contributed by atoms with Gasteiger partial charge >= 0.3 is 103 Å². The fourth-order valence-corrected chi connectivity index (χ4v) is 1.91. The van der Waals surface area contributed by atoms with E-state index in [2.05, 4.69) is 40.3 Å². The summed E-state index contributed by atoms with van der Waals surface area (Å²) >= 11 is 3.18. The number of carbonyl (C=O) groups is 1. The van der Waals surface area contributed by atoms with E-state index in [1.54, 1.807) is 45.7 Å². The minimum atomic E-state index is -1.00. The largest absolute Gasteiger partial charge is 1.00 e. The number of nitrogens with zero attached hydrogens (tertiary/aromatic N) is 1. The van der Waals surface area contributed by atoms with Crippen molar-refractivity contribution in [1.29, 1.82) is 0 Å². The van der Waals surface area contributed by atoms with Crippen LogP contribution in [0.3, 0.4) is 0 Å². The number of halogens is 2. The van der Waals surface area contributed by atoms with Crippen LogP contribution >= 0.6 is 15.9 Å². The fraction of sp³-hybridized carbons (Fsp3) is 0.500. The van der Waals surface area contributed by atoms with Crippen molar-refractivity contribution >= 4 is 22.4 Å². The summed E-state index contributed by atoms with van der Waals surface area (Å²) in [6, 6.07) is 6.48. The number of pyridine rings is 2. The van der Waals surface area contributed by atoms with Gasteiger partial charge in [-0.2, -0.15) is 0 Å². The number of alkyl halides is 2. The smallest absolute Gasteiger partial charge is 1.00 e. The van der Waals surface area contributed by atoms with Crippen LogP contribution in [-0.4, -0.2) is 90.8 Å². The van der Waals surface area contributed by atoms with Gasteiger partial charge in [0.2, 0.25) is 11.4 Å². The average Bonchev–Trinajstić information content (AvgIpc) is 2.94. The third-order valence-electron chi connectivity index (χ3n) is 3.01. The SMILES string of the molecule is COCCBr.COCCOc1ccc(OCOC)cn1.COCOc1ccc(=O)[nH]c1.O=CO[O-].[2H]CF.[H-].[K+].[K+]. The zero-order chi connectivity index (χ0) is 29.3. The van der Waals surface area contributed by atoms with Gasteiger partial charge in [0.05, 0.1) is 27.9 Å². The molecule has 0 aliphatic carbocycles. The molecule has 2 heterocycles. The van der Waals surface area contributed by atoms with E-state index in [-0.39, 0.29) is 130 Å². The minimum Gasteiger partial charge on any atom is -1.00 e. The van der Waals surface area contributed by atoms with Crippen LogP contribution in [-0.2, 0) is 28.6 Å². The van der Waals surface area contributed by atoms with Gasteiger partial charge in [0, 0.05) is 52.1 Å². The first kappa shape index (κ1) is 46.4. The Kier molecular flexibility index (Phi) is 51.1. The van der Waals surface area contributed by atoms with Crippen LogP contribution in [0.2, 0.25) is 0 Å². The second kappa shape index (κ2) is 42.9. The molecule has 2 aromatic heterocycles. The maximum absolute atomic E-state index is 10.6. The number of carbonyl (C=O) groups excluding carboxylic acids is 1. The quantitative estimate of drug-likeness (QED) is 0.0412. The van der Waals surface area contributed by atoms with Crippen molar-refractivity contribution in [3.05, 3.63) is 47.0 Å². The van der Waals surface area contributed by atoms with Crippen molar-refractivity contribution in [3.63, 3.8) is 0 Å². The van der Waals surface area contributed by atoms with E-state index in [0.29, 0.717) is 30.6 Å². The number of H-pyrrole nitrogens is 1. The van der Waals surface area contributed by atoms with Gasteiger partial charge in [-0.3, -0.25) is 14.0 Å². The third kappa shape index (κ3) is 38.5. The molecule has 0 spiro atoms. The zero-order valence-corrected chi connectivity index (χ0v) is 31.0. The Hall–Kier alpha value is 0.453. The molecular weight excluding hydrogens is 645 g/mol. The summed E-state index contributed by atoms with van der Waals surface area (Å²) in [6.07, 6.45) is 3.07. The van der Waals surface area contributed by atoms with Crippen molar-refractivity contribution in [1.82, 2.24) is 9.97 Å². The summed E-state index contributed by atoms with van der Waals surface area (Å²) in [5.41, 5.74) is -0.144. The summed E-state index contributed by atoms with van der Waals surface area (Å²) in [4.78, 5) is 28.3. The second-order valence-corrected chi connectivity index (χ2v) is 6.33. The Morgan fingerprint density at radius 2 is 1.51 bits per heavy atom. The molecule has 2 rings (SSSR count). The molecule has 39 heavy (non-hydrogen) atoms. The van der Waals surface area contributed by atoms with Crippen molar-refractivity contribution in [2.45, 2.75) is 0 Å². The Labute approximate surface area is 324 Å². The van der Waals surface area contributed by atoms with Crippen LogP contribution < -0.4 is 128 Å². The van der Waals surface area contributed by atoms with Crippen molar-refractivity contribution < 1.29 is 158 Å². The average molecular weight is 683 g/mol. The molecule has 0 radical (unpaired) electrons. The minimum absolute atomic E-state index is 0. The van der Waals surface area contributed by atoms with E-state index in [0.717, 1.165) is 11.9 Å². The number of aromatic nitrogens is 2. The number of aromatic amines is 1. The Bertz CT molecular complexity index is 786. The normalized spacial score (nSPS) is 8.64. The molecular formula is C22H36BrFK2N2O11. The van der Waals surface area contributed by atoms with Crippen molar-refractivity contribution in [3.8, 4) is 17.4 Å². The predicted octanol–water partition coefficient (Wildman–Crippen LogP) is -4.38. The van der Waals surface area contributed by atoms with Gasteiger partial charge < -0.3 is 49.7 Å². The number of rotatable bonds is 13. The van der Waals surface area contributed by atoms with E-state index >= 15 is 0 Å². The van der Waals surface area contributed by atoms with Gasteiger partial charge in [0.15, 0.2) is 13.6 Å². The molecule has 0 aliphatic heterocycles. The molecule has 17 heteroatoms. The molecule has 0 atom stereocenters. The van der Waals surface area contributed by atoms with Crippen molar-refractivity contribution in [2.75, 3.05) is 74.3 Å². The van der Waals surface area contributed by atoms with E-state index < -0.39 is 7.15 Å². The molecule has 0 unspecified atom stereocenters. The molecule has 0 aliphatic rings. The van der Waals surface area contributed by atoms with Crippen LogP contribution in [0.15, 0.2) is 41.5 Å². The number of methoxy groups -OCH3 is 4. The zero-order valence-electron chi connectivity index (χ0n) is 25.2. The van der Waals surface area contributed by atoms with E-state index in [9.17, 15) is 9.18 Å². The summed E-state index contributed by atoms with van der Waals surface area (Å²) in [7, 11) is 5.40. The van der Waals surface area contributed by atoms with Gasteiger partial charge in [-0.1, -0.05) is 15.9 Å². The van der Waals surface area contributed by atoms with Gasteiger partial charge in [0.1, 0.15) is 18.1 Å². The Morgan fingerprint density at radius 3 is 1.87 bits per heavy atom. The monoisotopic (exact) mass is 681 g/mol. The molecule has 0 aromatic carbocycles. The molecule has 1 N–H and O–H groups in total. The predicted molar refractivity (Wildman–Crippen MR) is 135 cm³/mol. The first-order chi connectivity index (χ1) is 18.4. The number of hydrogen-bond acceptors (Lipinski definition) is 12. The van der Waals surface area contributed by atoms with E-state index in [4.69, 9.17) is 35.1 Å².